The van der Waals surface area contributed by atoms with Crippen molar-refractivity contribution in [3.05, 3.63) is 97.0 Å². The average molecular weight is 522 g/mol. The fourth-order valence-corrected chi connectivity index (χ4v) is 5.29. The number of carbonyl (C=O) groups is 1. The minimum atomic E-state index is -0.868. The molecule has 0 spiro atoms. The van der Waals surface area contributed by atoms with Crippen LogP contribution in [0, 0.1) is 20.2 Å². The summed E-state index contributed by atoms with van der Waals surface area (Å²) in [6.07, 6.45) is 17.6. The van der Waals surface area contributed by atoms with Crippen molar-refractivity contribution in [3.63, 3.8) is 0 Å². The number of carbonyl (C=O) groups excluding carboxylic acids is 1. The topological polar surface area (TPSA) is 107 Å². The highest BCUT2D eigenvalue weighted by Gasteiger charge is 2.39. The van der Waals surface area contributed by atoms with Gasteiger partial charge in [-0.1, -0.05) is 96.8 Å². The van der Waals surface area contributed by atoms with Crippen LogP contribution in [0.3, 0.4) is 0 Å². The van der Waals surface area contributed by atoms with Crippen LogP contribution in [0.2, 0.25) is 0 Å². The molecule has 0 N–H and O–H groups in total. The Labute approximate surface area is 225 Å². The first-order valence-corrected chi connectivity index (χ1v) is 13.7. The van der Waals surface area contributed by atoms with Gasteiger partial charge in [-0.15, -0.1) is 0 Å². The van der Waals surface area contributed by atoms with Gasteiger partial charge in [0.1, 0.15) is 0 Å². The summed E-state index contributed by atoms with van der Waals surface area (Å²) in [6.45, 7) is 7.27. The molecule has 0 amide bonds. The zero-order valence-electron chi connectivity index (χ0n) is 22.8. The Kier molecular flexibility index (Phi) is 10.2. The molecule has 2 aliphatic rings. The molecule has 0 fully saturated rings. The largest absolute Gasteiger partial charge is 0.344 e. The van der Waals surface area contributed by atoms with Crippen molar-refractivity contribution in [3.8, 4) is 0 Å². The Morgan fingerprint density at radius 1 is 0.842 bits per heavy atom. The van der Waals surface area contributed by atoms with Crippen molar-refractivity contribution >= 4 is 11.5 Å². The lowest BCUT2D eigenvalue weighted by molar-refractivity contribution is -0.431. The number of allylic oxidation sites excluding steroid dienone is 6. The van der Waals surface area contributed by atoms with E-state index < -0.39 is 27.0 Å². The molecule has 0 saturated carbocycles. The molecule has 204 valence electrons. The normalized spacial score (nSPS) is 18.5. The van der Waals surface area contributed by atoms with Crippen LogP contribution in [0.15, 0.2) is 71.2 Å². The Balaban J connectivity index is 1.75. The summed E-state index contributed by atoms with van der Waals surface area (Å²) in [5, 5.41) is 22.6. The molecular formula is C30H39N3O5. The third-order valence-corrected chi connectivity index (χ3v) is 7.45. The summed E-state index contributed by atoms with van der Waals surface area (Å²) < 4.78 is 0. The van der Waals surface area contributed by atoms with Crippen molar-refractivity contribution < 1.29 is 14.6 Å². The second-order valence-electron chi connectivity index (χ2n) is 10.6. The molecule has 0 unspecified atom stereocenters. The highest BCUT2D eigenvalue weighted by molar-refractivity contribution is 6.10. The van der Waals surface area contributed by atoms with E-state index in [-0.39, 0.29) is 11.0 Å². The number of Topliss-reactive ketones (excluding diaryl/α,β-unsaturated/α-hetero) is 1. The molecule has 1 aromatic carbocycles. The Bertz CT molecular complexity index is 1180. The van der Waals surface area contributed by atoms with Gasteiger partial charge in [0, 0.05) is 35.0 Å². The molecule has 0 aromatic heterocycles. The molecule has 0 bridgehead atoms. The number of unbranched alkanes of at least 4 members (excludes halogenated alkanes) is 9. The van der Waals surface area contributed by atoms with Crippen LogP contribution in [0.1, 0.15) is 90.5 Å². The maximum absolute atomic E-state index is 12.7. The average Bonchev–Trinajstić information content (AvgIpc) is 3.10. The van der Waals surface area contributed by atoms with Gasteiger partial charge in [-0.3, -0.25) is 25.0 Å². The minimum absolute atomic E-state index is 0.0657. The molecule has 38 heavy (non-hydrogen) atoms. The van der Waals surface area contributed by atoms with Crippen molar-refractivity contribution in [1.82, 2.24) is 0 Å². The van der Waals surface area contributed by atoms with Gasteiger partial charge in [-0.25, -0.2) is 0 Å². The van der Waals surface area contributed by atoms with E-state index in [0.717, 1.165) is 42.9 Å². The predicted octanol–water partition coefficient (Wildman–Crippen LogP) is 7.42. The molecule has 0 atom stereocenters. The van der Waals surface area contributed by atoms with Gasteiger partial charge in [-0.2, -0.15) is 0 Å². The number of fused-ring (bicyclic) bond motifs is 1. The van der Waals surface area contributed by atoms with Crippen molar-refractivity contribution in [2.75, 3.05) is 11.4 Å². The number of ketones is 1. The number of nitro groups is 2. The summed E-state index contributed by atoms with van der Waals surface area (Å²) in [4.78, 5) is 36.0. The second-order valence-corrected chi connectivity index (χ2v) is 10.6. The predicted molar refractivity (Wildman–Crippen MR) is 150 cm³/mol. The number of para-hydroxylation sites is 1. The summed E-state index contributed by atoms with van der Waals surface area (Å²) in [5.74, 6) is -0.827. The monoisotopic (exact) mass is 521 g/mol. The molecule has 1 aliphatic heterocycles. The number of hydrogen-bond acceptors (Lipinski definition) is 6. The zero-order valence-corrected chi connectivity index (χ0v) is 22.8. The van der Waals surface area contributed by atoms with E-state index in [1.807, 2.05) is 12.1 Å². The number of anilines is 1. The fraction of sp³-hybridized carbons (Fsp3) is 0.500. The minimum Gasteiger partial charge on any atom is -0.344 e. The molecule has 1 aliphatic carbocycles. The number of nitrogens with zero attached hydrogens (tertiary/aromatic N) is 3. The quantitative estimate of drug-likeness (QED) is 0.109. The van der Waals surface area contributed by atoms with E-state index >= 15 is 0 Å². The van der Waals surface area contributed by atoms with E-state index in [4.69, 9.17) is 0 Å². The lowest BCUT2D eigenvalue weighted by atomic mass is 9.83. The van der Waals surface area contributed by atoms with Crippen molar-refractivity contribution in [2.24, 2.45) is 0 Å². The van der Waals surface area contributed by atoms with Gasteiger partial charge < -0.3 is 4.90 Å². The smallest absolute Gasteiger partial charge is 0.323 e. The van der Waals surface area contributed by atoms with Crippen molar-refractivity contribution in [1.29, 1.82) is 0 Å². The maximum atomic E-state index is 12.7. The number of hydrogen-bond donors (Lipinski definition) is 0. The fourth-order valence-electron chi connectivity index (χ4n) is 5.29. The Morgan fingerprint density at radius 3 is 2.05 bits per heavy atom. The van der Waals surface area contributed by atoms with Crippen molar-refractivity contribution in [2.45, 2.75) is 90.4 Å². The van der Waals surface area contributed by atoms with Crippen LogP contribution in [-0.2, 0) is 10.2 Å². The molecule has 0 saturated heterocycles. The first kappa shape index (κ1) is 29.0. The number of rotatable bonds is 14. The lowest BCUT2D eigenvalue weighted by Gasteiger charge is -2.27. The zero-order chi connectivity index (χ0) is 27.7. The second kappa shape index (κ2) is 13.3. The first-order chi connectivity index (χ1) is 18.2. The molecule has 1 aromatic rings. The standard InChI is InChI=1S/C30H39N3O5/c1-4-5-6-7-8-9-10-11-12-15-20-31-26-17-14-13-16-25(26)30(2,3)28(31)19-18-23-21-24(32(35)36)22-27(29(23)34)33(37)38/h13-14,16-19,21-22H,4-12,15,20H2,1-3H3. The van der Waals surface area contributed by atoms with Crippen LogP contribution in [0.4, 0.5) is 5.69 Å². The van der Waals surface area contributed by atoms with Gasteiger partial charge in [-0.05, 0) is 30.2 Å². The molecule has 1 heterocycles. The van der Waals surface area contributed by atoms with Gasteiger partial charge >= 0.3 is 5.70 Å². The van der Waals surface area contributed by atoms with E-state index in [1.165, 1.54) is 63.0 Å². The Hall–Kier alpha value is -3.55. The van der Waals surface area contributed by atoms with Gasteiger partial charge in [0.2, 0.25) is 0 Å². The molecule has 0 radical (unpaired) electrons. The first-order valence-electron chi connectivity index (χ1n) is 13.7. The highest BCUT2D eigenvalue weighted by Crippen LogP contribution is 2.47. The van der Waals surface area contributed by atoms with Gasteiger partial charge in [0.25, 0.3) is 11.5 Å². The molecule has 3 rings (SSSR count). The lowest BCUT2D eigenvalue weighted by Crippen LogP contribution is -2.27. The summed E-state index contributed by atoms with van der Waals surface area (Å²) in [6, 6.07) is 8.20. The molecular weight excluding hydrogens is 482 g/mol. The summed E-state index contributed by atoms with van der Waals surface area (Å²) in [5.41, 5.74) is 1.55. The van der Waals surface area contributed by atoms with Crippen LogP contribution in [0.25, 0.3) is 0 Å². The van der Waals surface area contributed by atoms with E-state index in [2.05, 4.69) is 37.8 Å². The molecule has 8 nitrogen and oxygen atoms in total. The van der Waals surface area contributed by atoms with E-state index in [1.54, 1.807) is 6.08 Å². The number of benzene rings is 1. The highest BCUT2D eigenvalue weighted by atomic mass is 16.6. The summed E-state index contributed by atoms with van der Waals surface area (Å²) in [7, 11) is 0. The Morgan fingerprint density at radius 2 is 1.45 bits per heavy atom. The molecule has 8 heteroatoms. The third-order valence-electron chi connectivity index (χ3n) is 7.45. The third kappa shape index (κ3) is 6.85. The van der Waals surface area contributed by atoms with Gasteiger partial charge in [0.15, 0.2) is 0 Å². The van der Waals surface area contributed by atoms with Crippen LogP contribution in [0.5, 0.6) is 0 Å². The van der Waals surface area contributed by atoms with Crippen LogP contribution in [-0.4, -0.2) is 22.2 Å². The maximum Gasteiger partial charge on any atom is 0.323 e. The van der Waals surface area contributed by atoms with E-state index in [0.29, 0.717) is 0 Å². The van der Waals surface area contributed by atoms with E-state index in [9.17, 15) is 25.0 Å². The van der Waals surface area contributed by atoms with Crippen LogP contribution < -0.4 is 4.90 Å². The van der Waals surface area contributed by atoms with Gasteiger partial charge in [0.05, 0.1) is 15.9 Å². The van der Waals surface area contributed by atoms with Crippen LogP contribution >= 0.6 is 0 Å². The summed E-state index contributed by atoms with van der Waals surface area (Å²) >= 11 is 0. The SMILES string of the molecule is CCCCCCCCCCCCN1C(=CC=C2C=C([N+](=O)[O-])C=C([N+](=O)[O-])C2=O)C(C)(C)c2ccccc21.